The van der Waals surface area contributed by atoms with Crippen LogP contribution in [0.3, 0.4) is 0 Å². The third kappa shape index (κ3) is 5.91. The molecule has 2 N–H and O–H groups in total. The molecule has 1 aliphatic heterocycles. The lowest BCUT2D eigenvalue weighted by atomic mass is 9.92. The van der Waals surface area contributed by atoms with Crippen LogP contribution in [0.2, 0.25) is 0 Å². The van der Waals surface area contributed by atoms with E-state index in [4.69, 9.17) is 0 Å². The summed E-state index contributed by atoms with van der Waals surface area (Å²) in [6.45, 7) is 7.03. The summed E-state index contributed by atoms with van der Waals surface area (Å²) in [5, 5.41) is 13.4. The Balaban J connectivity index is 1.63. The summed E-state index contributed by atoms with van der Waals surface area (Å²) in [5.41, 5.74) is -0.339. The number of carbonyl (C=O) groups is 1. The van der Waals surface area contributed by atoms with Crippen LogP contribution in [-0.4, -0.2) is 41.6 Å². The maximum atomic E-state index is 12.1. The first-order valence-corrected chi connectivity index (χ1v) is 9.28. The summed E-state index contributed by atoms with van der Waals surface area (Å²) in [6.07, 6.45) is 6.18. The van der Waals surface area contributed by atoms with Gasteiger partial charge in [0.1, 0.15) is 0 Å². The lowest BCUT2D eigenvalue weighted by Crippen LogP contribution is -2.38. The molecule has 2 unspecified atom stereocenters. The number of unbranched alkanes of at least 4 members (excludes halogenated alkanes) is 1. The quantitative estimate of drug-likeness (QED) is 0.720. The first-order valence-electron chi connectivity index (χ1n) is 9.28. The number of nitrogens with one attached hydrogen (secondary N) is 1. The Morgan fingerprint density at radius 3 is 2.75 bits per heavy atom. The summed E-state index contributed by atoms with van der Waals surface area (Å²) < 4.78 is 0. The number of aliphatic hydroxyl groups is 1. The van der Waals surface area contributed by atoms with E-state index >= 15 is 0 Å². The molecule has 0 bridgehead atoms. The Labute approximate surface area is 146 Å². The number of piperidine rings is 1. The van der Waals surface area contributed by atoms with Crippen molar-refractivity contribution in [2.24, 2.45) is 0 Å². The monoisotopic (exact) mass is 332 g/mol. The Morgan fingerprint density at radius 2 is 2.04 bits per heavy atom. The molecular weight excluding hydrogens is 300 g/mol. The molecule has 1 aromatic rings. The van der Waals surface area contributed by atoms with Crippen LogP contribution in [0.15, 0.2) is 30.3 Å². The van der Waals surface area contributed by atoms with E-state index in [-0.39, 0.29) is 12.3 Å². The molecule has 0 saturated carbocycles. The van der Waals surface area contributed by atoms with E-state index in [1.54, 1.807) is 6.92 Å². The second-order valence-electron chi connectivity index (χ2n) is 7.25. The molecule has 1 saturated heterocycles. The molecule has 2 rings (SSSR count). The van der Waals surface area contributed by atoms with Gasteiger partial charge in [0, 0.05) is 12.6 Å². The Morgan fingerprint density at radius 1 is 1.29 bits per heavy atom. The van der Waals surface area contributed by atoms with Crippen molar-refractivity contribution in [1.29, 1.82) is 0 Å². The maximum Gasteiger partial charge on any atom is 0.223 e. The number of benzene rings is 1. The Bertz CT molecular complexity index is 502. The van der Waals surface area contributed by atoms with Gasteiger partial charge >= 0.3 is 0 Å². The molecule has 134 valence electrons. The summed E-state index contributed by atoms with van der Waals surface area (Å²) in [5.74, 6) is -0.0878. The van der Waals surface area contributed by atoms with Crippen molar-refractivity contribution in [3.05, 3.63) is 35.9 Å². The lowest BCUT2D eigenvalue weighted by Gasteiger charge is -2.33. The maximum absolute atomic E-state index is 12.1. The van der Waals surface area contributed by atoms with Crippen LogP contribution in [0.5, 0.6) is 0 Å². The van der Waals surface area contributed by atoms with Crippen molar-refractivity contribution >= 4 is 5.91 Å². The van der Waals surface area contributed by atoms with E-state index in [0.29, 0.717) is 12.6 Å². The number of carbonyl (C=O) groups excluding carboxylic acids is 1. The average molecular weight is 332 g/mol. The molecule has 0 aliphatic carbocycles. The van der Waals surface area contributed by atoms with Crippen molar-refractivity contribution in [2.75, 3.05) is 19.6 Å². The van der Waals surface area contributed by atoms with Crippen molar-refractivity contribution in [3.63, 3.8) is 0 Å². The fourth-order valence-corrected chi connectivity index (χ4v) is 3.43. The number of amides is 1. The van der Waals surface area contributed by atoms with Gasteiger partial charge in [-0.25, -0.2) is 0 Å². The van der Waals surface area contributed by atoms with E-state index in [1.807, 2.05) is 30.3 Å². The molecule has 2 atom stereocenters. The van der Waals surface area contributed by atoms with E-state index in [0.717, 1.165) is 24.9 Å². The molecule has 1 amide bonds. The molecule has 1 aromatic carbocycles. The second kappa shape index (κ2) is 9.19. The van der Waals surface area contributed by atoms with Gasteiger partial charge in [0.25, 0.3) is 0 Å². The number of likely N-dealkylation sites (tertiary alicyclic amines) is 1. The molecule has 0 radical (unpaired) electrons. The fourth-order valence-electron chi connectivity index (χ4n) is 3.43. The van der Waals surface area contributed by atoms with Gasteiger partial charge in [-0.3, -0.25) is 4.79 Å². The van der Waals surface area contributed by atoms with Gasteiger partial charge in [0.05, 0.1) is 12.0 Å². The molecule has 24 heavy (non-hydrogen) atoms. The Hall–Kier alpha value is -1.39. The molecule has 0 aromatic heterocycles. The third-order valence-electron chi connectivity index (χ3n) is 5.04. The van der Waals surface area contributed by atoms with Crippen LogP contribution in [0.1, 0.15) is 57.9 Å². The molecule has 1 heterocycles. The highest BCUT2D eigenvalue weighted by molar-refractivity contribution is 5.77. The summed E-state index contributed by atoms with van der Waals surface area (Å²) in [7, 11) is 0. The van der Waals surface area contributed by atoms with Crippen LogP contribution in [0.25, 0.3) is 0 Å². The first kappa shape index (κ1) is 18.9. The topological polar surface area (TPSA) is 52.6 Å². The van der Waals surface area contributed by atoms with Gasteiger partial charge in [-0.1, -0.05) is 36.8 Å². The standard InChI is InChI=1S/C20H32N2O2/c1-17-10-6-8-14-22(17)15-9-7-13-21-19(23)16-20(2,24)18-11-4-3-5-12-18/h3-5,11-12,17,24H,6-10,13-16H2,1-2H3,(H,21,23). The average Bonchev–Trinajstić information content (AvgIpc) is 2.56. The van der Waals surface area contributed by atoms with Gasteiger partial charge in [-0.05, 0) is 58.2 Å². The fraction of sp³-hybridized carbons (Fsp3) is 0.650. The SMILES string of the molecule is CC1CCCCN1CCCCNC(=O)CC(C)(O)c1ccccc1. The highest BCUT2D eigenvalue weighted by Crippen LogP contribution is 2.23. The normalized spacial score (nSPS) is 21.2. The van der Waals surface area contributed by atoms with Crippen LogP contribution in [0.4, 0.5) is 0 Å². The van der Waals surface area contributed by atoms with E-state index in [2.05, 4.69) is 17.1 Å². The first-order chi connectivity index (χ1) is 11.5. The summed E-state index contributed by atoms with van der Waals surface area (Å²) in [4.78, 5) is 14.6. The van der Waals surface area contributed by atoms with Crippen LogP contribution >= 0.6 is 0 Å². The van der Waals surface area contributed by atoms with Gasteiger partial charge in [-0.2, -0.15) is 0 Å². The smallest absolute Gasteiger partial charge is 0.223 e. The van der Waals surface area contributed by atoms with Crippen LogP contribution in [0, 0.1) is 0 Å². The van der Waals surface area contributed by atoms with Crippen molar-refractivity contribution < 1.29 is 9.90 Å². The largest absolute Gasteiger partial charge is 0.385 e. The summed E-state index contributed by atoms with van der Waals surface area (Å²) >= 11 is 0. The predicted octanol–water partition coefficient (Wildman–Crippen LogP) is 3.06. The second-order valence-corrected chi connectivity index (χ2v) is 7.25. The highest BCUT2D eigenvalue weighted by Gasteiger charge is 2.26. The third-order valence-corrected chi connectivity index (χ3v) is 5.04. The zero-order chi connectivity index (χ0) is 17.4. The van der Waals surface area contributed by atoms with Crippen molar-refractivity contribution in [1.82, 2.24) is 10.2 Å². The summed E-state index contributed by atoms with van der Waals surface area (Å²) in [6, 6.07) is 10.1. The molecule has 1 fully saturated rings. The van der Waals surface area contributed by atoms with Gasteiger partial charge in [0.2, 0.25) is 5.91 Å². The van der Waals surface area contributed by atoms with Gasteiger partial charge in [0.15, 0.2) is 0 Å². The van der Waals surface area contributed by atoms with Crippen molar-refractivity contribution in [2.45, 2.75) is 64.0 Å². The lowest BCUT2D eigenvalue weighted by molar-refractivity contribution is -0.125. The number of hydrogen-bond donors (Lipinski definition) is 2. The molecular formula is C20H32N2O2. The van der Waals surface area contributed by atoms with Crippen LogP contribution < -0.4 is 5.32 Å². The van der Waals surface area contributed by atoms with Crippen molar-refractivity contribution in [3.8, 4) is 0 Å². The molecule has 1 aliphatic rings. The minimum atomic E-state index is -1.12. The predicted molar refractivity (Wildman–Crippen MR) is 97.8 cm³/mol. The highest BCUT2D eigenvalue weighted by atomic mass is 16.3. The number of nitrogens with zero attached hydrogens (tertiary/aromatic N) is 1. The molecule has 0 spiro atoms. The van der Waals surface area contributed by atoms with Gasteiger partial charge in [-0.15, -0.1) is 0 Å². The van der Waals surface area contributed by atoms with E-state index in [9.17, 15) is 9.90 Å². The molecule has 4 nitrogen and oxygen atoms in total. The van der Waals surface area contributed by atoms with E-state index < -0.39 is 5.60 Å². The van der Waals surface area contributed by atoms with Gasteiger partial charge < -0.3 is 15.3 Å². The minimum absolute atomic E-state index is 0.0878. The minimum Gasteiger partial charge on any atom is -0.385 e. The van der Waals surface area contributed by atoms with Crippen LogP contribution in [-0.2, 0) is 10.4 Å². The Kier molecular flexibility index (Phi) is 7.25. The number of hydrogen-bond acceptors (Lipinski definition) is 3. The zero-order valence-corrected chi connectivity index (χ0v) is 15.1. The van der Waals surface area contributed by atoms with E-state index in [1.165, 1.54) is 25.8 Å². The molecule has 4 heteroatoms. The number of rotatable bonds is 8. The zero-order valence-electron chi connectivity index (χ0n) is 15.1.